The molecule has 0 radical (unpaired) electrons. The molecule has 1 fully saturated rings. The highest BCUT2D eigenvalue weighted by atomic mass is 32.1. The smallest absolute Gasteiger partial charge is 0.227 e. The average molecular weight is 292 g/mol. The molecule has 1 aromatic carbocycles. The van der Waals surface area contributed by atoms with Crippen molar-refractivity contribution in [3.63, 3.8) is 0 Å². The summed E-state index contributed by atoms with van der Waals surface area (Å²) in [6.07, 6.45) is 3.66. The van der Waals surface area contributed by atoms with E-state index in [1.165, 1.54) is 0 Å². The molecule has 0 atom stereocenters. The van der Waals surface area contributed by atoms with E-state index in [4.69, 9.17) is 0 Å². The molecular formula is C16H24N2OS. The first-order valence-electron chi connectivity index (χ1n) is 7.48. The fraction of sp³-hybridized carbons (Fsp3) is 0.562. The van der Waals surface area contributed by atoms with Gasteiger partial charge in [0, 0.05) is 17.5 Å². The van der Waals surface area contributed by atoms with Gasteiger partial charge in [-0.25, -0.2) is 0 Å². The van der Waals surface area contributed by atoms with Crippen LogP contribution < -0.4 is 5.32 Å². The van der Waals surface area contributed by atoms with E-state index in [0.717, 1.165) is 49.4 Å². The van der Waals surface area contributed by atoms with E-state index in [1.807, 2.05) is 24.3 Å². The number of nitrogens with zero attached hydrogens (tertiary/aromatic N) is 1. The van der Waals surface area contributed by atoms with Crippen LogP contribution in [0.2, 0.25) is 0 Å². The lowest BCUT2D eigenvalue weighted by Gasteiger charge is -2.34. The van der Waals surface area contributed by atoms with Crippen molar-refractivity contribution in [1.82, 2.24) is 10.2 Å². The van der Waals surface area contributed by atoms with E-state index < -0.39 is 0 Å². The molecule has 3 nitrogen and oxygen atoms in total. The molecule has 1 amide bonds. The van der Waals surface area contributed by atoms with E-state index in [1.54, 1.807) is 0 Å². The van der Waals surface area contributed by atoms with Crippen molar-refractivity contribution >= 4 is 18.5 Å². The van der Waals surface area contributed by atoms with Gasteiger partial charge in [0.15, 0.2) is 0 Å². The summed E-state index contributed by atoms with van der Waals surface area (Å²) >= 11 is 4.28. The molecule has 0 aliphatic carbocycles. The highest BCUT2D eigenvalue weighted by Gasteiger charge is 2.24. The second-order valence-electron chi connectivity index (χ2n) is 5.41. The third-order valence-electron chi connectivity index (χ3n) is 3.83. The zero-order chi connectivity index (χ0) is 14.4. The minimum atomic E-state index is 0.255. The molecule has 0 aromatic heterocycles. The summed E-state index contributed by atoms with van der Waals surface area (Å²) in [5, 5.41) is 3.36. The highest BCUT2D eigenvalue weighted by Crippen LogP contribution is 2.15. The molecule has 1 saturated heterocycles. The van der Waals surface area contributed by atoms with Crippen LogP contribution in [-0.2, 0) is 11.2 Å². The first-order valence-corrected chi connectivity index (χ1v) is 7.93. The maximum absolute atomic E-state index is 12.6. The summed E-state index contributed by atoms with van der Waals surface area (Å²) < 4.78 is 0. The predicted octanol–water partition coefficient (Wildman–Crippen LogP) is 2.51. The van der Waals surface area contributed by atoms with Gasteiger partial charge in [-0.15, -0.1) is 12.6 Å². The van der Waals surface area contributed by atoms with E-state index in [2.05, 4.69) is 29.8 Å². The van der Waals surface area contributed by atoms with Crippen LogP contribution in [-0.4, -0.2) is 36.5 Å². The van der Waals surface area contributed by atoms with E-state index in [-0.39, 0.29) is 5.91 Å². The fourth-order valence-electron chi connectivity index (χ4n) is 2.76. The lowest BCUT2D eigenvalue weighted by atomic mass is 10.0. The van der Waals surface area contributed by atoms with Gasteiger partial charge in [-0.3, -0.25) is 4.79 Å². The SMILES string of the molecule is CCCN(C(=O)Cc1ccc(S)cc1)C1CCNCC1. The van der Waals surface area contributed by atoms with E-state index in [0.29, 0.717) is 12.5 Å². The second-order valence-corrected chi connectivity index (χ2v) is 5.93. The van der Waals surface area contributed by atoms with Crippen molar-refractivity contribution < 1.29 is 4.79 Å². The van der Waals surface area contributed by atoms with Crippen molar-refractivity contribution in [3.05, 3.63) is 29.8 Å². The van der Waals surface area contributed by atoms with Crippen LogP contribution in [0.25, 0.3) is 0 Å². The monoisotopic (exact) mass is 292 g/mol. The summed E-state index contributed by atoms with van der Waals surface area (Å²) in [6.45, 7) is 5.05. The molecule has 0 unspecified atom stereocenters. The minimum absolute atomic E-state index is 0.255. The number of rotatable bonds is 5. The Morgan fingerprint density at radius 2 is 1.95 bits per heavy atom. The summed E-state index contributed by atoms with van der Waals surface area (Å²) in [5.74, 6) is 0.255. The van der Waals surface area contributed by atoms with Crippen LogP contribution in [0.1, 0.15) is 31.7 Å². The van der Waals surface area contributed by atoms with E-state index in [9.17, 15) is 4.79 Å². The van der Waals surface area contributed by atoms with Crippen molar-refractivity contribution in [2.45, 2.75) is 43.5 Å². The molecule has 1 N–H and O–H groups in total. The Labute approximate surface area is 127 Å². The Hall–Kier alpha value is -1.00. The standard InChI is InChI=1S/C16H24N2OS/c1-2-11-18(14-7-9-17-10-8-14)16(19)12-13-3-5-15(20)6-4-13/h3-6,14,17,20H,2,7-12H2,1H3. The Balaban J connectivity index is 2.00. The molecule has 20 heavy (non-hydrogen) atoms. The van der Waals surface area contributed by atoms with Gasteiger partial charge in [0.05, 0.1) is 6.42 Å². The van der Waals surface area contributed by atoms with Crippen LogP contribution in [0, 0.1) is 0 Å². The topological polar surface area (TPSA) is 32.3 Å². The number of piperidine rings is 1. The number of carbonyl (C=O) groups is 1. The molecule has 0 saturated carbocycles. The molecule has 1 heterocycles. The zero-order valence-electron chi connectivity index (χ0n) is 12.1. The largest absolute Gasteiger partial charge is 0.339 e. The molecule has 110 valence electrons. The first-order chi connectivity index (χ1) is 9.70. The normalized spacial score (nSPS) is 16.1. The molecule has 2 rings (SSSR count). The Morgan fingerprint density at radius 1 is 1.30 bits per heavy atom. The lowest BCUT2D eigenvalue weighted by Crippen LogP contribution is -2.47. The molecule has 1 aromatic rings. The minimum Gasteiger partial charge on any atom is -0.339 e. The number of nitrogens with one attached hydrogen (secondary N) is 1. The Morgan fingerprint density at radius 3 is 2.55 bits per heavy atom. The van der Waals surface area contributed by atoms with Gasteiger partial charge in [-0.1, -0.05) is 19.1 Å². The van der Waals surface area contributed by atoms with Gasteiger partial charge in [-0.2, -0.15) is 0 Å². The quantitative estimate of drug-likeness (QED) is 0.817. The molecule has 0 bridgehead atoms. The lowest BCUT2D eigenvalue weighted by molar-refractivity contribution is -0.133. The average Bonchev–Trinajstić information content (AvgIpc) is 2.48. The number of amides is 1. The number of thiol groups is 1. The number of benzene rings is 1. The Kier molecular flexibility index (Phi) is 5.92. The summed E-state index contributed by atoms with van der Waals surface area (Å²) in [5.41, 5.74) is 1.07. The summed E-state index contributed by atoms with van der Waals surface area (Å²) in [4.78, 5) is 15.6. The van der Waals surface area contributed by atoms with Gasteiger partial charge >= 0.3 is 0 Å². The number of hydrogen-bond donors (Lipinski definition) is 2. The van der Waals surface area contributed by atoms with Crippen LogP contribution >= 0.6 is 12.6 Å². The molecule has 1 aliphatic heterocycles. The van der Waals surface area contributed by atoms with Crippen LogP contribution in [0.3, 0.4) is 0 Å². The molecule has 0 spiro atoms. The van der Waals surface area contributed by atoms with Crippen molar-refractivity contribution in [3.8, 4) is 0 Å². The second kappa shape index (κ2) is 7.70. The third-order valence-corrected chi connectivity index (χ3v) is 4.12. The third kappa shape index (κ3) is 4.25. The first kappa shape index (κ1) is 15.4. The van der Waals surface area contributed by atoms with Gasteiger partial charge in [0.25, 0.3) is 0 Å². The molecule has 4 heteroatoms. The Bertz CT molecular complexity index is 427. The van der Waals surface area contributed by atoms with Crippen molar-refractivity contribution in [1.29, 1.82) is 0 Å². The van der Waals surface area contributed by atoms with Crippen molar-refractivity contribution in [2.24, 2.45) is 0 Å². The predicted molar refractivity (Wildman–Crippen MR) is 85.3 cm³/mol. The van der Waals surface area contributed by atoms with Gasteiger partial charge in [-0.05, 0) is 50.0 Å². The maximum atomic E-state index is 12.6. The molecular weight excluding hydrogens is 268 g/mol. The van der Waals surface area contributed by atoms with Crippen LogP contribution in [0.15, 0.2) is 29.2 Å². The fourth-order valence-corrected chi connectivity index (χ4v) is 2.91. The number of carbonyl (C=O) groups excluding carboxylic acids is 1. The number of hydrogen-bond acceptors (Lipinski definition) is 3. The van der Waals surface area contributed by atoms with E-state index >= 15 is 0 Å². The van der Waals surface area contributed by atoms with Crippen molar-refractivity contribution in [2.75, 3.05) is 19.6 Å². The summed E-state index contributed by atoms with van der Waals surface area (Å²) in [7, 11) is 0. The van der Waals surface area contributed by atoms with Gasteiger partial charge in [0.1, 0.15) is 0 Å². The zero-order valence-corrected chi connectivity index (χ0v) is 13.0. The van der Waals surface area contributed by atoms with Crippen LogP contribution in [0.4, 0.5) is 0 Å². The maximum Gasteiger partial charge on any atom is 0.227 e. The summed E-state index contributed by atoms with van der Waals surface area (Å²) in [6, 6.07) is 8.29. The molecule has 1 aliphatic rings. The van der Waals surface area contributed by atoms with Gasteiger partial charge < -0.3 is 10.2 Å². The van der Waals surface area contributed by atoms with Crippen LogP contribution in [0.5, 0.6) is 0 Å². The van der Waals surface area contributed by atoms with Gasteiger partial charge in [0.2, 0.25) is 5.91 Å². The highest BCUT2D eigenvalue weighted by molar-refractivity contribution is 7.80.